The third-order valence-corrected chi connectivity index (χ3v) is 9.42. The lowest BCUT2D eigenvalue weighted by Crippen LogP contribution is -2.35. The number of hydrogen-bond acceptors (Lipinski definition) is 6. The first-order valence-electron chi connectivity index (χ1n) is 15.0. The number of sulfonamides is 1. The maximum Gasteiger partial charge on any atom is 0.260 e. The van der Waals surface area contributed by atoms with Crippen LogP contribution in [-0.4, -0.2) is 49.5 Å². The second kappa shape index (κ2) is 13.8. The van der Waals surface area contributed by atoms with Crippen LogP contribution in [0.1, 0.15) is 55.7 Å². The number of carbonyl (C=O) groups is 1. The fraction of sp³-hybridized carbons (Fsp3) is 0.394. The van der Waals surface area contributed by atoms with Gasteiger partial charge in [-0.25, -0.2) is 21.9 Å². The monoisotopic (exact) mass is 624 g/mol. The number of anilines is 1. The van der Waals surface area contributed by atoms with Crippen molar-refractivity contribution < 1.29 is 26.7 Å². The lowest BCUT2D eigenvalue weighted by Gasteiger charge is -2.29. The molecule has 2 aromatic carbocycles. The molecule has 2 heterocycles. The molecule has 0 spiro atoms. The number of aryl methyl sites for hydroxylation is 1. The lowest BCUT2D eigenvalue weighted by molar-refractivity contribution is -0.119. The van der Waals surface area contributed by atoms with Gasteiger partial charge in [0.1, 0.15) is 11.6 Å². The average molecular weight is 625 g/mol. The molecule has 3 aromatic rings. The Labute approximate surface area is 257 Å². The van der Waals surface area contributed by atoms with Gasteiger partial charge in [-0.15, -0.1) is 0 Å². The standard InChI is InChI=1S/C33H38F2N4O4S/c1-33(35)23-29(12-13-31(33)34)44(41,42)37-32(40)14-11-27-10-9-26(24-39-19-6-16-36-39)22-30(27)43-20-15-25-7-5-8-28(21-25)38-17-3-2-4-18-38/h5-10,12-13,16,19,21-22H,2-4,11,14-15,17-18,20,23-24H2,1H3,(H,37,40). The summed E-state index contributed by atoms with van der Waals surface area (Å²) in [6.07, 6.45) is 9.12. The first-order chi connectivity index (χ1) is 21.1. The third-order valence-electron chi connectivity index (χ3n) is 7.95. The highest BCUT2D eigenvalue weighted by molar-refractivity contribution is 7.93. The Bertz CT molecular complexity index is 1630. The number of carbonyl (C=O) groups excluding carboxylic acids is 1. The van der Waals surface area contributed by atoms with E-state index in [4.69, 9.17) is 4.74 Å². The number of rotatable bonds is 12. The molecule has 5 rings (SSSR count). The number of amides is 1. The molecule has 2 aliphatic rings. The van der Waals surface area contributed by atoms with E-state index in [-0.39, 0.29) is 17.7 Å². The summed E-state index contributed by atoms with van der Waals surface area (Å²) in [6.45, 7) is 4.07. The molecule has 0 saturated carbocycles. The molecule has 1 unspecified atom stereocenters. The first-order valence-corrected chi connectivity index (χ1v) is 16.4. The Kier molecular flexibility index (Phi) is 9.83. The Morgan fingerprint density at radius 3 is 2.61 bits per heavy atom. The van der Waals surface area contributed by atoms with E-state index in [1.165, 1.54) is 30.5 Å². The zero-order valence-corrected chi connectivity index (χ0v) is 25.7. The molecular weight excluding hydrogens is 586 g/mol. The predicted molar refractivity (Wildman–Crippen MR) is 166 cm³/mol. The number of hydrogen-bond donors (Lipinski definition) is 1. The molecule has 1 saturated heterocycles. The van der Waals surface area contributed by atoms with Crippen LogP contribution in [0, 0.1) is 0 Å². The van der Waals surface area contributed by atoms with Crippen molar-refractivity contribution in [2.75, 3.05) is 24.6 Å². The molecular formula is C33H38F2N4O4S. The Morgan fingerprint density at radius 2 is 1.86 bits per heavy atom. The van der Waals surface area contributed by atoms with Gasteiger partial charge in [-0.05, 0) is 85.7 Å². The molecule has 1 aliphatic heterocycles. The van der Waals surface area contributed by atoms with E-state index in [2.05, 4.69) is 34.3 Å². The first kappa shape index (κ1) is 31.4. The molecule has 0 bridgehead atoms. The van der Waals surface area contributed by atoms with Crippen LogP contribution < -0.4 is 14.4 Å². The second-order valence-electron chi connectivity index (χ2n) is 11.5. The number of aromatic nitrogens is 2. The van der Waals surface area contributed by atoms with Gasteiger partial charge in [0, 0.05) is 50.4 Å². The third kappa shape index (κ3) is 8.13. The summed E-state index contributed by atoms with van der Waals surface area (Å²) in [5, 5.41) is 4.27. The van der Waals surface area contributed by atoms with Crippen molar-refractivity contribution in [3.8, 4) is 5.75 Å². The topological polar surface area (TPSA) is 93.5 Å². The summed E-state index contributed by atoms with van der Waals surface area (Å²) >= 11 is 0. The number of nitrogens with zero attached hydrogens (tertiary/aromatic N) is 3. The SMILES string of the molecule is CC1(F)CC(S(=O)(=O)NC(=O)CCc2ccc(Cn3cccn3)cc2OCCc2cccc(N3CCCCC3)c2)=CC=C1F. The van der Waals surface area contributed by atoms with E-state index in [1.807, 2.05) is 35.2 Å². The van der Waals surface area contributed by atoms with Gasteiger partial charge in [-0.3, -0.25) is 9.48 Å². The molecule has 1 aliphatic carbocycles. The maximum absolute atomic E-state index is 14.4. The number of alkyl halides is 1. The number of halogens is 2. The van der Waals surface area contributed by atoms with Gasteiger partial charge in [0.05, 0.1) is 18.1 Å². The molecule has 1 aromatic heterocycles. The molecule has 8 nitrogen and oxygen atoms in total. The van der Waals surface area contributed by atoms with Crippen molar-refractivity contribution in [2.45, 2.75) is 64.1 Å². The molecule has 1 atom stereocenters. The highest BCUT2D eigenvalue weighted by Gasteiger charge is 2.37. The average Bonchev–Trinajstić information content (AvgIpc) is 3.51. The van der Waals surface area contributed by atoms with Gasteiger partial charge in [-0.2, -0.15) is 5.10 Å². The zero-order chi connectivity index (χ0) is 31.2. The Morgan fingerprint density at radius 1 is 1.05 bits per heavy atom. The lowest BCUT2D eigenvalue weighted by atomic mass is 9.98. The molecule has 1 fully saturated rings. The van der Waals surface area contributed by atoms with Crippen LogP contribution in [-0.2, 0) is 34.2 Å². The van der Waals surface area contributed by atoms with Crippen LogP contribution in [0.15, 0.2) is 83.8 Å². The van der Waals surface area contributed by atoms with Crippen LogP contribution >= 0.6 is 0 Å². The molecule has 1 N–H and O–H groups in total. The van der Waals surface area contributed by atoms with Crippen molar-refractivity contribution >= 4 is 21.6 Å². The van der Waals surface area contributed by atoms with Gasteiger partial charge in [0.2, 0.25) is 5.91 Å². The van der Waals surface area contributed by atoms with Crippen molar-refractivity contribution in [3.63, 3.8) is 0 Å². The molecule has 0 radical (unpaired) electrons. The highest BCUT2D eigenvalue weighted by atomic mass is 32.2. The van der Waals surface area contributed by atoms with Crippen molar-refractivity contribution in [1.29, 1.82) is 0 Å². The smallest absolute Gasteiger partial charge is 0.260 e. The fourth-order valence-corrected chi connectivity index (χ4v) is 6.71. The van der Waals surface area contributed by atoms with E-state index in [0.717, 1.165) is 43.3 Å². The number of piperidine rings is 1. The van der Waals surface area contributed by atoms with E-state index in [0.29, 0.717) is 25.3 Å². The number of ether oxygens (including phenoxy) is 1. The van der Waals surface area contributed by atoms with Crippen LogP contribution in [0.25, 0.3) is 0 Å². The number of nitrogens with one attached hydrogen (secondary N) is 1. The highest BCUT2D eigenvalue weighted by Crippen LogP contribution is 2.35. The summed E-state index contributed by atoms with van der Waals surface area (Å²) in [7, 11) is -4.32. The minimum absolute atomic E-state index is 0.143. The maximum atomic E-state index is 14.4. The zero-order valence-electron chi connectivity index (χ0n) is 24.8. The Hall–Kier alpha value is -3.99. The largest absolute Gasteiger partial charge is 0.493 e. The van der Waals surface area contributed by atoms with Gasteiger partial charge in [0.15, 0.2) is 5.67 Å². The van der Waals surface area contributed by atoms with Gasteiger partial charge >= 0.3 is 0 Å². The Balaban J connectivity index is 1.24. The van der Waals surface area contributed by atoms with E-state index < -0.39 is 33.8 Å². The predicted octanol–water partition coefficient (Wildman–Crippen LogP) is 5.79. The van der Waals surface area contributed by atoms with Gasteiger partial charge in [-0.1, -0.05) is 24.3 Å². The van der Waals surface area contributed by atoms with Crippen LogP contribution in [0.3, 0.4) is 0 Å². The van der Waals surface area contributed by atoms with Crippen molar-refractivity contribution in [2.24, 2.45) is 0 Å². The van der Waals surface area contributed by atoms with Gasteiger partial charge < -0.3 is 9.64 Å². The number of allylic oxidation sites excluding steroid dienone is 4. The summed E-state index contributed by atoms with van der Waals surface area (Å²) in [5.74, 6) is -1.19. The van der Waals surface area contributed by atoms with Gasteiger partial charge in [0.25, 0.3) is 10.0 Å². The second-order valence-corrected chi connectivity index (χ2v) is 13.2. The summed E-state index contributed by atoms with van der Waals surface area (Å²) in [6, 6.07) is 16.1. The molecule has 11 heteroatoms. The van der Waals surface area contributed by atoms with Crippen molar-refractivity contribution in [3.05, 3.63) is 100 Å². The minimum atomic E-state index is -4.32. The summed E-state index contributed by atoms with van der Waals surface area (Å²) in [4.78, 5) is 14.7. The van der Waals surface area contributed by atoms with E-state index in [1.54, 1.807) is 10.9 Å². The van der Waals surface area contributed by atoms with E-state index >= 15 is 0 Å². The van der Waals surface area contributed by atoms with Crippen LogP contribution in [0.2, 0.25) is 0 Å². The normalized spacial score (nSPS) is 18.8. The molecule has 234 valence electrons. The van der Waals surface area contributed by atoms with Crippen LogP contribution in [0.4, 0.5) is 14.5 Å². The quantitative estimate of drug-likeness (QED) is 0.274. The molecule has 44 heavy (non-hydrogen) atoms. The number of benzene rings is 2. The summed E-state index contributed by atoms with van der Waals surface area (Å²) < 4.78 is 63.5. The minimum Gasteiger partial charge on any atom is -0.493 e. The van der Waals surface area contributed by atoms with E-state index in [9.17, 15) is 22.0 Å². The fourth-order valence-electron chi connectivity index (χ4n) is 5.47. The summed E-state index contributed by atoms with van der Waals surface area (Å²) in [5.41, 5.74) is 1.67. The molecule has 1 amide bonds. The van der Waals surface area contributed by atoms with Crippen LogP contribution in [0.5, 0.6) is 5.75 Å². The van der Waals surface area contributed by atoms with Crippen molar-refractivity contribution in [1.82, 2.24) is 14.5 Å².